The predicted molar refractivity (Wildman–Crippen MR) is 83.9 cm³/mol. The summed E-state index contributed by atoms with van der Waals surface area (Å²) in [6.45, 7) is 2.51. The van der Waals surface area contributed by atoms with Crippen LogP contribution < -0.4 is 5.32 Å². The summed E-state index contributed by atoms with van der Waals surface area (Å²) in [7, 11) is 0. The second kappa shape index (κ2) is 5.54. The van der Waals surface area contributed by atoms with Crippen LogP contribution in [0.4, 0.5) is 5.69 Å². The van der Waals surface area contributed by atoms with E-state index >= 15 is 0 Å². The quantitative estimate of drug-likeness (QED) is 0.793. The van der Waals surface area contributed by atoms with Gasteiger partial charge in [-0.2, -0.15) is 10.4 Å². The lowest BCUT2D eigenvalue weighted by Crippen LogP contribution is -2.03. The number of nitriles is 1. The average Bonchev–Trinajstić information content (AvgIpc) is 2.84. The Bertz CT molecular complexity index is 847. The van der Waals surface area contributed by atoms with Crippen LogP contribution in [0.15, 0.2) is 41.1 Å². The summed E-state index contributed by atoms with van der Waals surface area (Å²) < 4.78 is 2.69. The molecule has 0 atom stereocenters. The van der Waals surface area contributed by atoms with Crippen LogP contribution in [0, 0.1) is 18.3 Å². The summed E-state index contributed by atoms with van der Waals surface area (Å²) in [5.74, 6) is 0. The number of nitrogens with one attached hydrogen (secondary N) is 1. The van der Waals surface area contributed by atoms with E-state index in [0.717, 1.165) is 27.1 Å². The van der Waals surface area contributed by atoms with Crippen molar-refractivity contribution in [2.24, 2.45) is 0 Å². The summed E-state index contributed by atoms with van der Waals surface area (Å²) in [6, 6.07) is 9.63. The molecule has 0 bridgehead atoms. The van der Waals surface area contributed by atoms with Gasteiger partial charge in [0.1, 0.15) is 6.07 Å². The van der Waals surface area contributed by atoms with Gasteiger partial charge in [0.2, 0.25) is 0 Å². The lowest BCUT2D eigenvalue weighted by Gasteiger charge is -2.08. The monoisotopic (exact) mass is 341 g/mol. The van der Waals surface area contributed by atoms with Crippen molar-refractivity contribution in [1.82, 2.24) is 14.6 Å². The molecule has 0 saturated carbocycles. The molecule has 0 spiro atoms. The number of fused-ring (bicyclic) bond motifs is 1. The standard InChI is InChI=1S/C15H12BrN5/c1-10-4-15-19-8-11(9-21(15)20-10)7-18-14-5-13(16)3-2-12(14)6-17/h2-5,8-9,18H,7H2,1H3. The van der Waals surface area contributed by atoms with Crippen molar-refractivity contribution in [3.63, 3.8) is 0 Å². The fourth-order valence-corrected chi connectivity index (χ4v) is 2.44. The summed E-state index contributed by atoms with van der Waals surface area (Å²) in [4.78, 5) is 4.36. The van der Waals surface area contributed by atoms with Crippen molar-refractivity contribution in [3.05, 3.63) is 58.0 Å². The predicted octanol–water partition coefficient (Wildman–Crippen LogP) is 3.28. The zero-order valence-corrected chi connectivity index (χ0v) is 12.9. The summed E-state index contributed by atoms with van der Waals surface area (Å²) >= 11 is 3.41. The first-order valence-corrected chi connectivity index (χ1v) is 7.19. The van der Waals surface area contributed by atoms with Crippen molar-refractivity contribution in [2.45, 2.75) is 13.5 Å². The highest BCUT2D eigenvalue weighted by molar-refractivity contribution is 9.10. The molecule has 0 aliphatic carbocycles. The van der Waals surface area contributed by atoms with Crippen LogP contribution in [0.25, 0.3) is 5.65 Å². The van der Waals surface area contributed by atoms with Gasteiger partial charge in [-0.3, -0.25) is 0 Å². The van der Waals surface area contributed by atoms with Crippen LogP contribution in [0.1, 0.15) is 16.8 Å². The van der Waals surface area contributed by atoms with Gasteiger partial charge in [0.05, 0.1) is 16.9 Å². The molecule has 0 unspecified atom stereocenters. The number of hydrogen-bond donors (Lipinski definition) is 1. The number of rotatable bonds is 3. The Morgan fingerprint density at radius 1 is 1.38 bits per heavy atom. The van der Waals surface area contributed by atoms with Gasteiger partial charge in [0.15, 0.2) is 5.65 Å². The van der Waals surface area contributed by atoms with Gasteiger partial charge in [-0.05, 0) is 25.1 Å². The fraction of sp³-hybridized carbons (Fsp3) is 0.133. The maximum Gasteiger partial charge on any atom is 0.155 e. The van der Waals surface area contributed by atoms with Crippen molar-refractivity contribution in [2.75, 3.05) is 5.32 Å². The molecular formula is C15H12BrN5. The molecule has 104 valence electrons. The Morgan fingerprint density at radius 3 is 3.05 bits per heavy atom. The zero-order valence-electron chi connectivity index (χ0n) is 11.3. The Morgan fingerprint density at radius 2 is 2.24 bits per heavy atom. The van der Waals surface area contributed by atoms with Crippen molar-refractivity contribution in [3.8, 4) is 6.07 Å². The van der Waals surface area contributed by atoms with Crippen LogP contribution in [-0.4, -0.2) is 14.6 Å². The molecule has 21 heavy (non-hydrogen) atoms. The molecular weight excluding hydrogens is 330 g/mol. The van der Waals surface area contributed by atoms with Gasteiger partial charge in [0.25, 0.3) is 0 Å². The molecule has 1 N–H and O–H groups in total. The van der Waals surface area contributed by atoms with E-state index in [0.29, 0.717) is 12.1 Å². The Hall–Kier alpha value is -2.39. The highest BCUT2D eigenvalue weighted by atomic mass is 79.9. The number of anilines is 1. The normalized spacial score (nSPS) is 10.5. The summed E-state index contributed by atoms with van der Waals surface area (Å²) in [5, 5.41) is 16.7. The molecule has 1 aromatic carbocycles. The summed E-state index contributed by atoms with van der Waals surface area (Å²) in [6.07, 6.45) is 3.75. The lowest BCUT2D eigenvalue weighted by molar-refractivity contribution is 0.895. The minimum Gasteiger partial charge on any atom is -0.380 e. The van der Waals surface area contributed by atoms with Crippen LogP contribution in [0.2, 0.25) is 0 Å². The van der Waals surface area contributed by atoms with Gasteiger partial charge < -0.3 is 5.32 Å². The second-order valence-electron chi connectivity index (χ2n) is 4.71. The van der Waals surface area contributed by atoms with E-state index < -0.39 is 0 Å². The summed E-state index contributed by atoms with van der Waals surface area (Å²) in [5.41, 5.74) is 4.17. The molecule has 0 aliphatic heterocycles. The lowest BCUT2D eigenvalue weighted by atomic mass is 10.2. The molecule has 0 aliphatic rings. The SMILES string of the molecule is Cc1cc2ncc(CNc3cc(Br)ccc3C#N)cn2n1. The minimum absolute atomic E-state index is 0.576. The number of aryl methyl sites for hydroxylation is 1. The molecule has 2 aromatic heterocycles. The molecule has 2 heterocycles. The van der Waals surface area contributed by atoms with Crippen molar-refractivity contribution >= 4 is 27.3 Å². The molecule has 6 heteroatoms. The topological polar surface area (TPSA) is 66.0 Å². The molecule has 3 rings (SSSR count). The third kappa shape index (κ3) is 2.88. The number of hydrogen-bond acceptors (Lipinski definition) is 4. The van der Waals surface area contributed by atoms with E-state index in [1.807, 2.05) is 37.5 Å². The first kappa shape index (κ1) is 13.6. The molecule has 0 radical (unpaired) electrons. The molecule has 0 saturated heterocycles. The van der Waals surface area contributed by atoms with Crippen LogP contribution >= 0.6 is 15.9 Å². The van der Waals surface area contributed by atoms with E-state index in [-0.39, 0.29) is 0 Å². The molecule has 0 amide bonds. The van der Waals surface area contributed by atoms with Crippen LogP contribution in [-0.2, 0) is 6.54 Å². The van der Waals surface area contributed by atoms with Crippen LogP contribution in [0.3, 0.4) is 0 Å². The third-order valence-corrected chi connectivity index (χ3v) is 3.57. The maximum atomic E-state index is 9.12. The van der Waals surface area contributed by atoms with Gasteiger partial charge >= 0.3 is 0 Å². The highest BCUT2D eigenvalue weighted by Crippen LogP contribution is 2.21. The molecule has 0 fully saturated rings. The van der Waals surface area contributed by atoms with E-state index in [1.54, 1.807) is 10.6 Å². The van der Waals surface area contributed by atoms with E-state index in [1.165, 1.54) is 0 Å². The van der Waals surface area contributed by atoms with Gasteiger partial charge in [-0.1, -0.05) is 15.9 Å². The highest BCUT2D eigenvalue weighted by Gasteiger charge is 2.04. The van der Waals surface area contributed by atoms with Crippen LogP contribution in [0.5, 0.6) is 0 Å². The van der Waals surface area contributed by atoms with E-state index in [2.05, 4.69) is 37.4 Å². The smallest absolute Gasteiger partial charge is 0.155 e. The Labute approximate surface area is 130 Å². The average molecular weight is 342 g/mol. The van der Waals surface area contributed by atoms with E-state index in [9.17, 15) is 0 Å². The first-order valence-electron chi connectivity index (χ1n) is 6.40. The Kier molecular flexibility index (Phi) is 3.59. The maximum absolute atomic E-state index is 9.12. The minimum atomic E-state index is 0.576. The largest absolute Gasteiger partial charge is 0.380 e. The zero-order chi connectivity index (χ0) is 14.8. The van der Waals surface area contributed by atoms with E-state index in [4.69, 9.17) is 5.26 Å². The number of aromatic nitrogens is 3. The fourth-order valence-electron chi connectivity index (χ4n) is 2.08. The van der Waals surface area contributed by atoms with Gasteiger partial charge in [-0.15, -0.1) is 0 Å². The number of nitrogens with zero attached hydrogens (tertiary/aromatic N) is 4. The Balaban J connectivity index is 1.83. The van der Waals surface area contributed by atoms with Crippen molar-refractivity contribution < 1.29 is 0 Å². The number of benzene rings is 1. The first-order chi connectivity index (χ1) is 10.2. The van der Waals surface area contributed by atoms with Gasteiger partial charge in [-0.25, -0.2) is 9.50 Å². The van der Waals surface area contributed by atoms with Gasteiger partial charge in [0, 0.05) is 35.0 Å². The molecule has 5 nitrogen and oxygen atoms in total. The second-order valence-corrected chi connectivity index (χ2v) is 5.62. The number of halogens is 1. The molecule has 3 aromatic rings. The van der Waals surface area contributed by atoms with Crippen molar-refractivity contribution in [1.29, 1.82) is 5.26 Å². The third-order valence-electron chi connectivity index (χ3n) is 3.07.